The van der Waals surface area contributed by atoms with Crippen LogP contribution in [0.25, 0.3) is 0 Å². The molecule has 0 radical (unpaired) electrons. The smallest absolute Gasteiger partial charge is 0.272 e. The highest BCUT2D eigenvalue weighted by molar-refractivity contribution is 9.10. The normalized spacial score (nSPS) is 16.7. The molecule has 0 aromatic carbocycles. The lowest BCUT2D eigenvalue weighted by molar-refractivity contribution is 0.0626. The van der Waals surface area contributed by atoms with E-state index < -0.39 is 0 Å². The summed E-state index contributed by atoms with van der Waals surface area (Å²) in [4.78, 5) is 20.8. The van der Waals surface area contributed by atoms with Gasteiger partial charge < -0.3 is 4.90 Å². The number of nitrogens with zero attached hydrogens (tertiary/aromatic N) is 3. The van der Waals surface area contributed by atoms with Crippen molar-refractivity contribution in [3.05, 3.63) is 28.5 Å². The Morgan fingerprint density at radius 2 is 2.00 bits per heavy atom. The first-order chi connectivity index (χ1) is 9.56. The summed E-state index contributed by atoms with van der Waals surface area (Å²) in [5, 5.41) is 0. The molecular weight excluding hydrogens is 318 g/mol. The molecule has 1 amide bonds. The molecule has 2 heterocycles. The molecule has 1 saturated heterocycles. The molecule has 1 aromatic rings. The summed E-state index contributed by atoms with van der Waals surface area (Å²) in [6, 6.07) is 3.64. The molecule has 0 atom stereocenters. The van der Waals surface area contributed by atoms with Gasteiger partial charge in [-0.3, -0.25) is 9.69 Å². The number of carbonyl (C=O) groups excluding carboxylic acids is 1. The molecule has 2 rings (SSSR count). The van der Waals surface area contributed by atoms with E-state index in [1.165, 1.54) is 6.42 Å². The third kappa shape index (κ3) is 4.28. The Labute approximate surface area is 129 Å². The van der Waals surface area contributed by atoms with Crippen LogP contribution in [0.1, 0.15) is 30.8 Å². The van der Waals surface area contributed by atoms with Gasteiger partial charge in [0.15, 0.2) is 0 Å². The highest BCUT2D eigenvalue weighted by atomic mass is 79.9. The van der Waals surface area contributed by atoms with Crippen LogP contribution in [-0.2, 0) is 0 Å². The first-order valence-corrected chi connectivity index (χ1v) is 7.98. The Kier molecular flexibility index (Phi) is 5.54. The maximum Gasteiger partial charge on any atom is 0.272 e. The lowest BCUT2D eigenvalue weighted by Crippen LogP contribution is -2.49. The molecule has 20 heavy (non-hydrogen) atoms. The Morgan fingerprint density at radius 3 is 2.55 bits per heavy atom. The molecule has 0 N–H and O–H groups in total. The minimum atomic E-state index is 0.0426. The van der Waals surface area contributed by atoms with Gasteiger partial charge in [0, 0.05) is 36.8 Å². The number of piperazine rings is 1. The van der Waals surface area contributed by atoms with Gasteiger partial charge >= 0.3 is 0 Å². The largest absolute Gasteiger partial charge is 0.335 e. The van der Waals surface area contributed by atoms with Crippen LogP contribution in [0.3, 0.4) is 0 Å². The average Bonchev–Trinajstić information content (AvgIpc) is 2.46. The van der Waals surface area contributed by atoms with Gasteiger partial charge in [-0.05, 0) is 46.9 Å². The Morgan fingerprint density at radius 1 is 1.30 bits per heavy atom. The third-order valence-electron chi connectivity index (χ3n) is 3.63. The summed E-state index contributed by atoms with van der Waals surface area (Å²) in [6.07, 6.45) is 2.90. The molecule has 1 aliphatic heterocycles. The van der Waals surface area contributed by atoms with Crippen molar-refractivity contribution < 1.29 is 4.79 Å². The number of carbonyl (C=O) groups is 1. The molecule has 4 nitrogen and oxygen atoms in total. The van der Waals surface area contributed by atoms with E-state index >= 15 is 0 Å². The van der Waals surface area contributed by atoms with E-state index in [-0.39, 0.29) is 5.91 Å². The standard InChI is InChI=1S/C15H22BrN3O/c1-12(2)5-6-18-7-9-19(10-8-18)15(20)14-4-3-13(16)11-17-14/h3-4,11-12H,5-10H2,1-2H3. The van der Waals surface area contributed by atoms with Gasteiger partial charge in [-0.15, -0.1) is 0 Å². The summed E-state index contributed by atoms with van der Waals surface area (Å²) in [6.45, 7) is 9.17. The number of rotatable bonds is 4. The van der Waals surface area contributed by atoms with E-state index in [4.69, 9.17) is 0 Å². The summed E-state index contributed by atoms with van der Waals surface area (Å²) in [5.74, 6) is 0.780. The van der Waals surface area contributed by atoms with Gasteiger partial charge in [-0.1, -0.05) is 13.8 Å². The predicted octanol–water partition coefficient (Wildman–Crippen LogP) is 2.65. The summed E-state index contributed by atoms with van der Waals surface area (Å²) in [7, 11) is 0. The van der Waals surface area contributed by atoms with E-state index in [2.05, 4.69) is 39.7 Å². The number of pyridine rings is 1. The Hall–Kier alpha value is -0.940. The second-order valence-electron chi connectivity index (χ2n) is 5.68. The fourth-order valence-electron chi connectivity index (χ4n) is 2.28. The second kappa shape index (κ2) is 7.18. The highest BCUT2D eigenvalue weighted by Gasteiger charge is 2.22. The maximum atomic E-state index is 12.3. The molecule has 0 bridgehead atoms. The zero-order chi connectivity index (χ0) is 14.5. The van der Waals surface area contributed by atoms with Gasteiger partial charge in [0.05, 0.1) is 0 Å². The minimum absolute atomic E-state index is 0.0426. The van der Waals surface area contributed by atoms with Gasteiger partial charge in [0.2, 0.25) is 0 Å². The van der Waals surface area contributed by atoms with Gasteiger partial charge in [-0.2, -0.15) is 0 Å². The monoisotopic (exact) mass is 339 g/mol. The molecule has 0 aliphatic carbocycles. The number of hydrogen-bond acceptors (Lipinski definition) is 3. The maximum absolute atomic E-state index is 12.3. The van der Waals surface area contributed by atoms with Crippen molar-refractivity contribution in [1.82, 2.24) is 14.8 Å². The molecule has 0 saturated carbocycles. The van der Waals surface area contributed by atoms with E-state index in [1.54, 1.807) is 12.3 Å². The van der Waals surface area contributed by atoms with Gasteiger partial charge in [0.1, 0.15) is 5.69 Å². The molecule has 5 heteroatoms. The summed E-state index contributed by atoms with van der Waals surface area (Å²) >= 11 is 3.33. The fourth-order valence-corrected chi connectivity index (χ4v) is 2.51. The van der Waals surface area contributed by atoms with Crippen molar-refractivity contribution >= 4 is 21.8 Å². The highest BCUT2D eigenvalue weighted by Crippen LogP contribution is 2.12. The van der Waals surface area contributed by atoms with Crippen molar-refractivity contribution in [3.63, 3.8) is 0 Å². The summed E-state index contributed by atoms with van der Waals surface area (Å²) < 4.78 is 0.896. The van der Waals surface area contributed by atoms with Crippen molar-refractivity contribution in [2.24, 2.45) is 5.92 Å². The van der Waals surface area contributed by atoms with Crippen LogP contribution in [0.4, 0.5) is 0 Å². The lowest BCUT2D eigenvalue weighted by atomic mass is 10.1. The number of aromatic nitrogens is 1. The van der Waals surface area contributed by atoms with Crippen molar-refractivity contribution in [2.45, 2.75) is 20.3 Å². The quantitative estimate of drug-likeness (QED) is 0.846. The average molecular weight is 340 g/mol. The fraction of sp³-hybridized carbons (Fsp3) is 0.600. The molecular formula is C15H22BrN3O. The van der Waals surface area contributed by atoms with Crippen LogP contribution in [-0.4, -0.2) is 53.4 Å². The zero-order valence-corrected chi connectivity index (χ0v) is 13.8. The first kappa shape index (κ1) is 15.4. The topological polar surface area (TPSA) is 36.4 Å². The van der Waals surface area contributed by atoms with Gasteiger partial charge in [-0.25, -0.2) is 4.98 Å². The van der Waals surface area contributed by atoms with Crippen molar-refractivity contribution in [3.8, 4) is 0 Å². The van der Waals surface area contributed by atoms with Crippen molar-refractivity contribution in [2.75, 3.05) is 32.7 Å². The van der Waals surface area contributed by atoms with E-state index in [0.717, 1.165) is 43.1 Å². The second-order valence-corrected chi connectivity index (χ2v) is 6.59. The number of amides is 1. The minimum Gasteiger partial charge on any atom is -0.335 e. The van der Waals surface area contributed by atoms with E-state index in [0.29, 0.717) is 5.69 Å². The third-order valence-corrected chi connectivity index (χ3v) is 4.10. The molecule has 1 aromatic heterocycles. The van der Waals surface area contributed by atoms with E-state index in [1.807, 2.05) is 11.0 Å². The molecule has 0 unspecified atom stereocenters. The van der Waals surface area contributed by atoms with Crippen LogP contribution < -0.4 is 0 Å². The molecule has 1 fully saturated rings. The number of halogens is 1. The van der Waals surface area contributed by atoms with E-state index in [9.17, 15) is 4.79 Å². The Balaban J connectivity index is 1.84. The number of hydrogen-bond donors (Lipinski definition) is 0. The Bertz CT molecular complexity index is 439. The summed E-state index contributed by atoms with van der Waals surface area (Å²) in [5.41, 5.74) is 0.531. The molecule has 110 valence electrons. The molecule has 0 spiro atoms. The first-order valence-electron chi connectivity index (χ1n) is 7.19. The van der Waals surface area contributed by atoms with Crippen LogP contribution in [0.15, 0.2) is 22.8 Å². The lowest BCUT2D eigenvalue weighted by Gasteiger charge is -2.34. The predicted molar refractivity (Wildman–Crippen MR) is 83.7 cm³/mol. The van der Waals surface area contributed by atoms with Crippen LogP contribution in [0.5, 0.6) is 0 Å². The SMILES string of the molecule is CC(C)CCN1CCN(C(=O)c2ccc(Br)cn2)CC1. The molecule has 1 aliphatic rings. The zero-order valence-electron chi connectivity index (χ0n) is 12.2. The van der Waals surface area contributed by atoms with Crippen LogP contribution >= 0.6 is 15.9 Å². The van der Waals surface area contributed by atoms with Crippen LogP contribution in [0.2, 0.25) is 0 Å². The van der Waals surface area contributed by atoms with Crippen LogP contribution in [0, 0.1) is 5.92 Å². The van der Waals surface area contributed by atoms with Gasteiger partial charge in [0.25, 0.3) is 5.91 Å². The van der Waals surface area contributed by atoms with Crippen molar-refractivity contribution in [1.29, 1.82) is 0 Å².